The minimum atomic E-state index is -0.695. The van der Waals surface area contributed by atoms with Crippen molar-refractivity contribution in [3.05, 3.63) is 29.0 Å². The summed E-state index contributed by atoms with van der Waals surface area (Å²) in [6.45, 7) is 11.5. The first-order chi connectivity index (χ1) is 15.7. The van der Waals surface area contributed by atoms with E-state index >= 15 is 0 Å². The Morgan fingerprint density at radius 3 is 2.62 bits per heavy atom. The Balaban J connectivity index is 1.80. The van der Waals surface area contributed by atoms with E-state index in [0.29, 0.717) is 12.1 Å². The van der Waals surface area contributed by atoms with Crippen LogP contribution in [0.15, 0.2) is 18.2 Å². The van der Waals surface area contributed by atoms with Crippen LogP contribution in [0.25, 0.3) is 0 Å². The van der Waals surface area contributed by atoms with Crippen LogP contribution in [0.1, 0.15) is 48.0 Å². The topological polar surface area (TPSA) is 88.2 Å². The van der Waals surface area contributed by atoms with E-state index in [1.165, 1.54) is 23.1 Å². The first kappa shape index (κ1) is 26.2. The second kappa shape index (κ2) is 9.70. The maximum Gasteiger partial charge on any atom is 0.408 e. The fourth-order valence-corrected chi connectivity index (χ4v) is 4.44. The molecule has 1 aromatic rings. The summed E-state index contributed by atoms with van der Waals surface area (Å²) in [7, 11) is 0. The number of cyclic esters (lactones) is 1. The fourth-order valence-electron chi connectivity index (χ4n) is 4.22. The molecule has 10 heteroatoms. The van der Waals surface area contributed by atoms with Gasteiger partial charge in [0.1, 0.15) is 17.5 Å². The molecule has 0 aromatic heterocycles. The van der Waals surface area contributed by atoms with E-state index in [0.717, 1.165) is 0 Å². The predicted octanol–water partition coefficient (Wildman–Crippen LogP) is 3.75. The number of esters is 1. The highest BCUT2D eigenvalue weighted by Crippen LogP contribution is 2.33. The lowest BCUT2D eigenvalue weighted by Crippen LogP contribution is -2.65. The van der Waals surface area contributed by atoms with Crippen molar-refractivity contribution in [3.8, 4) is 0 Å². The van der Waals surface area contributed by atoms with Gasteiger partial charge in [0.25, 0.3) is 0 Å². The van der Waals surface area contributed by atoms with Crippen LogP contribution in [0, 0.1) is 11.7 Å². The third kappa shape index (κ3) is 6.18. The van der Waals surface area contributed by atoms with Crippen molar-refractivity contribution >= 4 is 35.3 Å². The van der Waals surface area contributed by atoms with Gasteiger partial charge < -0.3 is 19.7 Å². The number of hydrogen-bond acceptors (Lipinski definition) is 6. The van der Waals surface area contributed by atoms with E-state index in [9.17, 15) is 18.8 Å². The number of carbonyl (C=O) groups excluding carboxylic acids is 3. The summed E-state index contributed by atoms with van der Waals surface area (Å²) in [4.78, 5) is 41.1. The normalized spacial score (nSPS) is 24.1. The highest BCUT2D eigenvalue weighted by Gasteiger charge is 2.44. The first-order valence-corrected chi connectivity index (χ1v) is 11.7. The molecule has 0 spiro atoms. The Morgan fingerprint density at radius 2 is 2.03 bits per heavy atom. The van der Waals surface area contributed by atoms with Gasteiger partial charge in [-0.2, -0.15) is 0 Å². The predicted molar refractivity (Wildman–Crippen MR) is 126 cm³/mol. The maximum atomic E-state index is 13.8. The second-order valence-corrected chi connectivity index (χ2v) is 11.0. The molecule has 2 aliphatic rings. The molecule has 2 aliphatic heterocycles. The number of piperazine rings is 1. The standard InChI is InChI=1S/C24H33ClFN3O5/c1-14-9-19(33-21(14)31)17(27-22(32)34-23(2,3)4)11-28-12-20(30)29(13-24(28,5)6)18-10-15(26)7-8-16(18)25/h7-8,10,14,17,19H,9,11-13H2,1-6H3,(H,27,32)/t14-,17+,19+/m1/s1. The van der Waals surface area contributed by atoms with Crippen LogP contribution in [0.3, 0.4) is 0 Å². The fraction of sp³-hybridized carbons (Fsp3) is 0.625. The second-order valence-electron chi connectivity index (χ2n) is 10.6. The molecule has 1 N–H and O–H groups in total. The van der Waals surface area contributed by atoms with Crippen LogP contribution in [0.4, 0.5) is 14.9 Å². The average Bonchev–Trinajstić information content (AvgIpc) is 3.03. The van der Waals surface area contributed by atoms with Gasteiger partial charge in [0, 0.05) is 18.6 Å². The van der Waals surface area contributed by atoms with Crippen LogP contribution in [-0.4, -0.2) is 65.8 Å². The molecule has 0 radical (unpaired) electrons. The van der Waals surface area contributed by atoms with E-state index in [-0.39, 0.29) is 42.5 Å². The number of benzene rings is 1. The molecule has 0 bridgehead atoms. The van der Waals surface area contributed by atoms with Crippen molar-refractivity contribution in [3.63, 3.8) is 0 Å². The number of rotatable bonds is 5. The number of hydrogen-bond donors (Lipinski definition) is 1. The van der Waals surface area contributed by atoms with Crippen LogP contribution in [-0.2, 0) is 19.1 Å². The molecule has 3 atom stereocenters. The number of alkyl carbamates (subject to hydrolysis) is 1. The SMILES string of the molecule is C[C@@H]1C[C@@H]([C@H](CN2CC(=O)N(c3cc(F)ccc3Cl)CC2(C)C)NC(=O)OC(C)(C)C)OC1=O. The van der Waals surface area contributed by atoms with E-state index in [4.69, 9.17) is 21.1 Å². The lowest BCUT2D eigenvalue weighted by atomic mass is 9.95. The summed E-state index contributed by atoms with van der Waals surface area (Å²) in [5.74, 6) is -1.33. The van der Waals surface area contributed by atoms with E-state index < -0.39 is 35.2 Å². The third-order valence-corrected chi connectivity index (χ3v) is 6.37. The van der Waals surface area contributed by atoms with Gasteiger partial charge in [0.2, 0.25) is 5.91 Å². The summed E-state index contributed by atoms with van der Waals surface area (Å²) in [5, 5.41) is 3.13. The monoisotopic (exact) mass is 497 g/mol. The molecule has 2 amide bonds. The van der Waals surface area contributed by atoms with Crippen LogP contribution in [0.2, 0.25) is 5.02 Å². The quantitative estimate of drug-likeness (QED) is 0.623. The van der Waals surface area contributed by atoms with Gasteiger partial charge in [-0.1, -0.05) is 18.5 Å². The highest BCUT2D eigenvalue weighted by atomic mass is 35.5. The molecule has 0 aliphatic carbocycles. The minimum absolute atomic E-state index is 0.0164. The summed E-state index contributed by atoms with van der Waals surface area (Å²) in [6.07, 6.45) is -0.717. The molecular formula is C24H33ClFN3O5. The first-order valence-electron chi connectivity index (χ1n) is 11.4. The van der Waals surface area contributed by atoms with Crippen molar-refractivity contribution in [1.82, 2.24) is 10.2 Å². The Labute approximate surface area is 204 Å². The largest absolute Gasteiger partial charge is 0.460 e. The zero-order chi connectivity index (χ0) is 25.4. The molecule has 34 heavy (non-hydrogen) atoms. The van der Waals surface area contributed by atoms with Gasteiger partial charge in [-0.15, -0.1) is 0 Å². The Morgan fingerprint density at radius 1 is 1.35 bits per heavy atom. The van der Waals surface area contributed by atoms with E-state index in [2.05, 4.69) is 5.32 Å². The Hall–Kier alpha value is -2.39. The van der Waals surface area contributed by atoms with Gasteiger partial charge in [-0.05, 0) is 59.2 Å². The molecule has 0 unspecified atom stereocenters. The Bertz CT molecular complexity index is 964. The smallest absolute Gasteiger partial charge is 0.408 e. The zero-order valence-electron chi connectivity index (χ0n) is 20.5. The average molecular weight is 498 g/mol. The number of halogens is 2. The molecule has 2 fully saturated rings. The third-order valence-electron chi connectivity index (χ3n) is 6.05. The molecule has 3 rings (SSSR count). The summed E-state index contributed by atoms with van der Waals surface area (Å²) >= 11 is 6.25. The number of nitrogens with one attached hydrogen (secondary N) is 1. The number of carbonyl (C=O) groups is 3. The van der Waals surface area contributed by atoms with E-state index in [1.54, 1.807) is 27.7 Å². The van der Waals surface area contributed by atoms with E-state index in [1.807, 2.05) is 18.7 Å². The zero-order valence-corrected chi connectivity index (χ0v) is 21.2. The molecule has 188 valence electrons. The van der Waals surface area contributed by atoms with Crippen molar-refractivity contribution in [2.24, 2.45) is 5.92 Å². The minimum Gasteiger partial charge on any atom is -0.460 e. The van der Waals surface area contributed by atoms with Gasteiger partial charge >= 0.3 is 12.1 Å². The van der Waals surface area contributed by atoms with Crippen LogP contribution in [0.5, 0.6) is 0 Å². The van der Waals surface area contributed by atoms with Gasteiger partial charge in [-0.3, -0.25) is 14.5 Å². The van der Waals surface area contributed by atoms with Crippen LogP contribution < -0.4 is 10.2 Å². The molecular weight excluding hydrogens is 465 g/mol. The van der Waals surface area contributed by atoms with Gasteiger partial charge in [0.15, 0.2) is 0 Å². The molecule has 1 aromatic carbocycles. The molecule has 0 saturated carbocycles. The summed E-state index contributed by atoms with van der Waals surface area (Å²) in [5.41, 5.74) is -0.924. The maximum absolute atomic E-state index is 13.8. The van der Waals surface area contributed by atoms with Crippen molar-refractivity contribution in [2.75, 3.05) is 24.5 Å². The number of amides is 2. The van der Waals surface area contributed by atoms with Gasteiger partial charge in [-0.25, -0.2) is 9.18 Å². The summed E-state index contributed by atoms with van der Waals surface area (Å²) < 4.78 is 24.8. The lowest BCUT2D eigenvalue weighted by Gasteiger charge is -2.48. The summed E-state index contributed by atoms with van der Waals surface area (Å²) in [6, 6.07) is 3.34. The molecule has 2 heterocycles. The highest BCUT2D eigenvalue weighted by molar-refractivity contribution is 6.33. The van der Waals surface area contributed by atoms with Gasteiger partial charge in [0.05, 0.1) is 29.2 Å². The number of anilines is 1. The lowest BCUT2D eigenvalue weighted by molar-refractivity contribution is -0.145. The van der Waals surface area contributed by atoms with Crippen molar-refractivity contribution < 1.29 is 28.2 Å². The van der Waals surface area contributed by atoms with Crippen molar-refractivity contribution in [1.29, 1.82) is 0 Å². The number of ether oxygens (including phenoxy) is 2. The van der Waals surface area contributed by atoms with Crippen LogP contribution >= 0.6 is 11.6 Å². The van der Waals surface area contributed by atoms with Crippen molar-refractivity contribution in [2.45, 2.75) is 71.2 Å². The number of nitrogens with zero attached hydrogens (tertiary/aromatic N) is 2. The molecule has 2 saturated heterocycles. The Kier molecular flexibility index (Phi) is 7.48. The molecule has 8 nitrogen and oxygen atoms in total.